The third kappa shape index (κ3) is 3.64. The first-order valence-corrected chi connectivity index (χ1v) is 11.1. The zero-order chi connectivity index (χ0) is 20.1. The summed E-state index contributed by atoms with van der Waals surface area (Å²) in [5.41, 5.74) is 2.31. The minimum absolute atomic E-state index is 0.141. The Labute approximate surface area is 165 Å². The van der Waals surface area contributed by atoms with Crippen molar-refractivity contribution in [2.45, 2.75) is 24.9 Å². The van der Waals surface area contributed by atoms with Crippen molar-refractivity contribution >= 4 is 26.8 Å². The van der Waals surface area contributed by atoms with Gasteiger partial charge in [-0.1, -0.05) is 18.2 Å². The van der Waals surface area contributed by atoms with Gasteiger partial charge in [-0.25, -0.2) is 12.7 Å². The molecule has 2 heterocycles. The number of sulfonamides is 1. The maximum Gasteiger partial charge on any atom is 0.254 e. The highest BCUT2D eigenvalue weighted by Crippen LogP contribution is 2.40. The third-order valence-electron chi connectivity index (χ3n) is 5.64. The second-order valence-electron chi connectivity index (χ2n) is 7.98. The van der Waals surface area contributed by atoms with E-state index in [-0.39, 0.29) is 24.7 Å². The van der Waals surface area contributed by atoms with Crippen molar-refractivity contribution in [2.75, 3.05) is 32.9 Å². The molecule has 28 heavy (non-hydrogen) atoms. The van der Waals surface area contributed by atoms with Gasteiger partial charge in [0.05, 0.1) is 22.9 Å². The molecule has 0 bridgehead atoms. The van der Waals surface area contributed by atoms with Crippen LogP contribution >= 0.6 is 0 Å². The van der Waals surface area contributed by atoms with Gasteiger partial charge >= 0.3 is 0 Å². The number of likely N-dealkylation sites (tertiary alicyclic amines) is 1. The number of fused-ring (bicyclic) bond motifs is 1. The fourth-order valence-corrected chi connectivity index (χ4v) is 4.90. The normalized spacial score (nSPS) is 22.9. The molecule has 150 valence electrons. The van der Waals surface area contributed by atoms with Crippen LogP contribution in [0.25, 0.3) is 10.9 Å². The predicted molar refractivity (Wildman–Crippen MR) is 107 cm³/mol. The SMILES string of the molecule is CN(C)S(=O)(=O)C[C@@H]1CN(C(=O)c2cc(C3CC3)nc3ccccc23)C[C@H]1O. The van der Waals surface area contributed by atoms with Crippen LogP contribution in [0.5, 0.6) is 0 Å². The number of rotatable bonds is 5. The minimum Gasteiger partial charge on any atom is -0.391 e. The van der Waals surface area contributed by atoms with Crippen LogP contribution in [-0.2, 0) is 10.0 Å². The maximum absolute atomic E-state index is 13.3. The highest BCUT2D eigenvalue weighted by Gasteiger charge is 2.38. The van der Waals surface area contributed by atoms with Crippen LogP contribution in [0.1, 0.15) is 34.8 Å². The Morgan fingerprint density at radius 3 is 2.64 bits per heavy atom. The van der Waals surface area contributed by atoms with Gasteiger partial charge in [0, 0.05) is 50.1 Å². The summed E-state index contributed by atoms with van der Waals surface area (Å²) < 4.78 is 25.5. The summed E-state index contributed by atoms with van der Waals surface area (Å²) in [6, 6.07) is 9.44. The summed E-state index contributed by atoms with van der Waals surface area (Å²) in [4.78, 5) is 19.5. The van der Waals surface area contributed by atoms with Crippen LogP contribution in [-0.4, -0.2) is 72.7 Å². The Bertz CT molecular complexity index is 1020. The summed E-state index contributed by atoms with van der Waals surface area (Å²) in [7, 11) is -0.499. The Balaban J connectivity index is 1.62. The Morgan fingerprint density at radius 2 is 1.96 bits per heavy atom. The Hall–Kier alpha value is -2.03. The van der Waals surface area contributed by atoms with Crippen molar-refractivity contribution < 1.29 is 18.3 Å². The average Bonchev–Trinajstić information content (AvgIpc) is 3.44. The lowest BCUT2D eigenvalue weighted by Gasteiger charge is -2.19. The van der Waals surface area contributed by atoms with E-state index < -0.39 is 22.0 Å². The standard InChI is InChI=1S/C20H25N3O4S/c1-22(2)28(26,27)12-14-10-23(11-19(14)24)20(25)16-9-18(13-7-8-13)21-17-6-4-3-5-15(16)17/h3-6,9,13-14,19,24H,7-8,10-12H2,1-2H3/t14-,19+/m0/s1. The number of pyridine rings is 1. The van der Waals surface area contributed by atoms with Gasteiger partial charge in [-0.2, -0.15) is 0 Å². The number of carbonyl (C=O) groups is 1. The molecule has 0 unspecified atom stereocenters. The van der Waals surface area contributed by atoms with Crippen LogP contribution in [0.4, 0.5) is 0 Å². The molecule has 7 nitrogen and oxygen atoms in total. The number of amides is 1. The number of aliphatic hydroxyl groups is 1. The van der Waals surface area contributed by atoms with Crippen LogP contribution in [0.2, 0.25) is 0 Å². The summed E-state index contributed by atoms with van der Waals surface area (Å²) in [5.74, 6) is -0.426. The lowest BCUT2D eigenvalue weighted by Crippen LogP contribution is -2.33. The number of nitrogens with zero attached hydrogens (tertiary/aromatic N) is 3. The van der Waals surface area contributed by atoms with Crippen LogP contribution in [0.3, 0.4) is 0 Å². The van der Waals surface area contributed by atoms with Gasteiger partial charge in [0.15, 0.2) is 0 Å². The number of aliphatic hydroxyl groups excluding tert-OH is 1. The lowest BCUT2D eigenvalue weighted by molar-refractivity contribution is 0.0766. The van der Waals surface area contributed by atoms with Gasteiger partial charge in [0.1, 0.15) is 0 Å². The van der Waals surface area contributed by atoms with Crippen LogP contribution < -0.4 is 0 Å². The maximum atomic E-state index is 13.3. The van der Waals surface area contributed by atoms with Crippen molar-refractivity contribution in [3.63, 3.8) is 0 Å². The molecule has 1 aromatic heterocycles. The van der Waals surface area contributed by atoms with E-state index in [1.54, 1.807) is 4.90 Å². The van der Waals surface area contributed by atoms with Crippen molar-refractivity contribution in [1.29, 1.82) is 0 Å². The number of β-amino-alcohol motifs (C(OH)–C–C–N with tert-alkyl or cyclic N) is 1. The molecule has 1 N–H and O–H groups in total. The number of hydrogen-bond donors (Lipinski definition) is 1. The van der Waals surface area contributed by atoms with E-state index in [0.29, 0.717) is 11.5 Å². The zero-order valence-corrected chi connectivity index (χ0v) is 16.9. The fourth-order valence-electron chi connectivity index (χ4n) is 3.73. The molecular weight excluding hydrogens is 378 g/mol. The second-order valence-corrected chi connectivity index (χ2v) is 10.2. The molecule has 1 aliphatic heterocycles. The van der Waals surface area contributed by atoms with Crippen LogP contribution in [0, 0.1) is 5.92 Å². The van der Waals surface area contributed by atoms with E-state index in [1.807, 2.05) is 30.3 Å². The highest BCUT2D eigenvalue weighted by molar-refractivity contribution is 7.89. The Kier molecular flexibility index (Phi) is 4.89. The summed E-state index contributed by atoms with van der Waals surface area (Å²) in [6.45, 7) is 0.365. The molecule has 0 spiro atoms. The van der Waals surface area contributed by atoms with Crippen LogP contribution in [0.15, 0.2) is 30.3 Å². The lowest BCUT2D eigenvalue weighted by atomic mass is 10.0. The molecule has 1 aromatic carbocycles. The van der Waals surface area contributed by atoms with E-state index in [2.05, 4.69) is 0 Å². The molecular formula is C20H25N3O4S. The average molecular weight is 404 g/mol. The zero-order valence-electron chi connectivity index (χ0n) is 16.1. The van der Waals surface area contributed by atoms with E-state index in [9.17, 15) is 18.3 Å². The van der Waals surface area contributed by atoms with Gasteiger partial charge < -0.3 is 10.0 Å². The van der Waals surface area contributed by atoms with E-state index in [1.165, 1.54) is 14.1 Å². The molecule has 2 atom stereocenters. The van der Waals surface area contributed by atoms with Gasteiger partial charge in [-0.15, -0.1) is 0 Å². The number of carbonyl (C=O) groups excluding carboxylic acids is 1. The first-order valence-electron chi connectivity index (χ1n) is 9.53. The molecule has 0 radical (unpaired) electrons. The van der Waals surface area contributed by atoms with Gasteiger partial charge in [0.2, 0.25) is 10.0 Å². The van der Waals surface area contributed by atoms with Crippen molar-refractivity contribution in [3.8, 4) is 0 Å². The first-order chi connectivity index (χ1) is 13.3. The molecule has 8 heteroatoms. The molecule has 2 aliphatic rings. The number of hydrogen-bond acceptors (Lipinski definition) is 5. The Morgan fingerprint density at radius 1 is 1.25 bits per heavy atom. The third-order valence-corrected chi connectivity index (χ3v) is 7.60. The molecule has 1 saturated heterocycles. The number of benzene rings is 1. The monoisotopic (exact) mass is 403 g/mol. The fraction of sp³-hybridized carbons (Fsp3) is 0.500. The number of aromatic nitrogens is 1. The van der Waals surface area contributed by atoms with Gasteiger partial charge in [-0.05, 0) is 25.0 Å². The van der Waals surface area contributed by atoms with E-state index >= 15 is 0 Å². The minimum atomic E-state index is -3.45. The van der Waals surface area contributed by atoms with Gasteiger partial charge in [0.25, 0.3) is 5.91 Å². The molecule has 1 aliphatic carbocycles. The van der Waals surface area contributed by atoms with Crippen molar-refractivity contribution in [2.24, 2.45) is 5.92 Å². The van der Waals surface area contributed by atoms with Gasteiger partial charge in [-0.3, -0.25) is 9.78 Å². The topological polar surface area (TPSA) is 90.8 Å². The smallest absolute Gasteiger partial charge is 0.254 e. The quantitative estimate of drug-likeness (QED) is 0.816. The summed E-state index contributed by atoms with van der Waals surface area (Å²) in [6.07, 6.45) is 1.33. The summed E-state index contributed by atoms with van der Waals surface area (Å²) in [5, 5.41) is 11.2. The predicted octanol–water partition coefficient (Wildman–Crippen LogP) is 1.44. The molecule has 1 saturated carbocycles. The highest BCUT2D eigenvalue weighted by atomic mass is 32.2. The largest absolute Gasteiger partial charge is 0.391 e. The molecule has 4 rings (SSSR count). The summed E-state index contributed by atoms with van der Waals surface area (Å²) >= 11 is 0. The molecule has 2 aromatic rings. The van der Waals surface area contributed by atoms with E-state index in [0.717, 1.165) is 33.7 Å². The first kappa shape index (κ1) is 19.3. The van der Waals surface area contributed by atoms with E-state index in [4.69, 9.17) is 4.98 Å². The molecule has 2 fully saturated rings. The second kappa shape index (κ2) is 7.09. The molecule has 1 amide bonds. The van der Waals surface area contributed by atoms with Crippen molar-refractivity contribution in [1.82, 2.24) is 14.2 Å². The number of para-hydroxylation sites is 1. The van der Waals surface area contributed by atoms with Crippen molar-refractivity contribution in [3.05, 3.63) is 41.6 Å².